The van der Waals surface area contributed by atoms with E-state index in [9.17, 15) is 12.8 Å². The number of benzene rings is 2. The van der Waals surface area contributed by atoms with Crippen LogP contribution in [0.2, 0.25) is 0 Å². The number of sulfonamides is 1. The molecule has 112 valence electrons. The summed E-state index contributed by atoms with van der Waals surface area (Å²) in [6.07, 6.45) is 0.574. The van der Waals surface area contributed by atoms with E-state index < -0.39 is 15.8 Å². The number of halogens is 1. The van der Waals surface area contributed by atoms with Crippen molar-refractivity contribution in [2.45, 2.75) is 24.8 Å². The van der Waals surface area contributed by atoms with E-state index in [0.29, 0.717) is 12.0 Å². The molecule has 0 heterocycles. The van der Waals surface area contributed by atoms with E-state index >= 15 is 0 Å². The second kappa shape index (κ2) is 6.24. The quantitative estimate of drug-likeness (QED) is 0.892. The Hall–Kier alpha value is -1.92. The van der Waals surface area contributed by atoms with Gasteiger partial charge in [0.15, 0.2) is 0 Å². The van der Waals surface area contributed by atoms with Crippen molar-refractivity contribution < 1.29 is 12.8 Å². The Kier molecular flexibility index (Phi) is 4.59. The average Bonchev–Trinajstić information content (AvgIpc) is 2.46. The van der Waals surface area contributed by atoms with Crippen molar-refractivity contribution in [2.75, 3.05) is 4.72 Å². The number of nitrogens with one attached hydrogen (secondary N) is 1. The van der Waals surface area contributed by atoms with Crippen LogP contribution in [0, 0.1) is 5.82 Å². The monoisotopic (exact) mass is 308 g/mol. The van der Waals surface area contributed by atoms with Crippen molar-refractivity contribution in [3.05, 3.63) is 59.4 Å². The minimum Gasteiger partial charge on any atom is -0.326 e. The largest absolute Gasteiger partial charge is 0.326 e. The van der Waals surface area contributed by atoms with Crippen LogP contribution in [0.15, 0.2) is 47.4 Å². The molecule has 4 nitrogen and oxygen atoms in total. The maximum absolute atomic E-state index is 13.2. The fourth-order valence-electron chi connectivity index (χ4n) is 2.03. The predicted octanol–water partition coefficient (Wildman–Crippen LogP) is 2.65. The molecule has 0 saturated carbocycles. The van der Waals surface area contributed by atoms with Gasteiger partial charge in [0.2, 0.25) is 0 Å². The standard InChI is InChI=1S/C15H17FN2O2S/c1-2-12-7-6-11(10-17)8-15(12)21(19,20)18-14-5-3-4-13(16)9-14/h3-9,18H,2,10,17H2,1H3. The number of rotatable bonds is 5. The van der Waals surface area contributed by atoms with Gasteiger partial charge in [0.05, 0.1) is 10.6 Å². The third-order valence-corrected chi connectivity index (χ3v) is 4.58. The van der Waals surface area contributed by atoms with Gasteiger partial charge >= 0.3 is 0 Å². The Morgan fingerprint density at radius 1 is 1.19 bits per heavy atom. The van der Waals surface area contributed by atoms with E-state index in [4.69, 9.17) is 5.73 Å². The summed E-state index contributed by atoms with van der Waals surface area (Å²) in [6.45, 7) is 2.13. The first-order valence-corrected chi connectivity index (χ1v) is 8.05. The van der Waals surface area contributed by atoms with Gasteiger partial charge in [-0.15, -0.1) is 0 Å². The normalized spacial score (nSPS) is 11.4. The van der Waals surface area contributed by atoms with Crippen molar-refractivity contribution in [3.63, 3.8) is 0 Å². The van der Waals surface area contributed by atoms with Gasteiger partial charge in [-0.25, -0.2) is 12.8 Å². The summed E-state index contributed by atoms with van der Waals surface area (Å²) < 4.78 is 40.5. The minimum atomic E-state index is -3.78. The topological polar surface area (TPSA) is 72.2 Å². The first-order chi connectivity index (χ1) is 9.96. The zero-order chi connectivity index (χ0) is 15.5. The molecular weight excluding hydrogens is 291 g/mol. The number of nitrogens with two attached hydrogens (primary N) is 1. The highest BCUT2D eigenvalue weighted by Crippen LogP contribution is 2.22. The van der Waals surface area contributed by atoms with Crippen LogP contribution in [0.5, 0.6) is 0 Å². The summed E-state index contributed by atoms with van der Waals surface area (Å²) in [6, 6.07) is 10.5. The van der Waals surface area contributed by atoms with Crippen LogP contribution in [0.1, 0.15) is 18.1 Å². The van der Waals surface area contributed by atoms with E-state index in [1.807, 2.05) is 6.92 Å². The van der Waals surface area contributed by atoms with Crippen LogP contribution < -0.4 is 10.5 Å². The summed E-state index contributed by atoms with van der Waals surface area (Å²) in [5.74, 6) is -0.498. The Bertz CT molecular complexity index is 745. The predicted molar refractivity (Wildman–Crippen MR) is 80.9 cm³/mol. The number of hydrogen-bond donors (Lipinski definition) is 2. The fourth-order valence-corrected chi connectivity index (χ4v) is 3.44. The van der Waals surface area contributed by atoms with Crippen LogP contribution in [-0.2, 0) is 23.0 Å². The molecule has 0 saturated heterocycles. The van der Waals surface area contributed by atoms with Gasteiger partial charge in [-0.3, -0.25) is 4.72 Å². The number of anilines is 1. The van der Waals surface area contributed by atoms with Crippen molar-refractivity contribution in [1.82, 2.24) is 0 Å². The van der Waals surface area contributed by atoms with Crippen LogP contribution >= 0.6 is 0 Å². The van der Waals surface area contributed by atoms with E-state index in [1.54, 1.807) is 18.2 Å². The van der Waals surface area contributed by atoms with Gasteiger partial charge in [0.25, 0.3) is 10.0 Å². The second-order valence-corrected chi connectivity index (χ2v) is 6.27. The molecule has 21 heavy (non-hydrogen) atoms. The highest BCUT2D eigenvalue weighted by Gasteiger charge is 2.18. The zero-order valence-corrected chi connectivity index (χ0v) is 12.5. The highest BCUT2D eigenvalue weighted by molar-refractivity contribution is 7.92. The van der Waals surface area contributed by atoms with Gasteiger partial charge in [0.1, 0.15) is 5.82 Å². The molecule has 0 fully saturated rings. The van der Waals surface area contributed by atoms with Crippen molar-refractivity contribution >= 4 is 15.7 Å². The molecule has 0 amide bonds. The molecule has 0 aliphatic rings. The Morgan fingerprint density at radius 3 is 2.57 bits per heavy atom. The molecule has 0 radical (unpaired) electrons. The molecule has 0 unspecified atom stereocenters. The Labute approximate surface area is 123 Å². The van der Waals surface area contributed by atoms with Crippen molar-refractivity contribution in [1.29, 1.82) is 0 Å². The van der Waals surface area contributed by atoms with Gasteiger partial charge in [0, 0.05) is 6.54 Å². The van der Waals surface area contributed by atoms with Gasteiger partial charge in [-0.1, -0.05) is 25.1 Å². The smallest absolute Gasteiger partial charge is 0.262 e. The maximum atomic E-state index is 13.2. The third-order valence-electron chi connectivity index (χ3n) is 3.11. The molecule has 6 heteroatoms. The summed E-state index contributed by atoms with van der Waals surface area (Å²) in [7, 11) is -3.78. The van der Waals surface area contributed by atoms with Crippen LogP contribution in [0.3, 0.4) is 0 Å². The lowest BCUT2D eigenvalue weighted by atomic mass is 10.1. The fraction of sp³-hybridized carbons (Fsp3) is 0.200. The molecular formula is C15H17FN2O2S. The molecule has 0 aromatic heterocycles. The molecule has 0 aliphatic carbocycles. The third kappa shape index (κ3) is 3.59. The minimum absolute atomic E-state index is 0.178. The molecule has 2 aromatic rings. The Morgan fingerprint density at radius 2 is 1.95 bits per heavy atom. The van der Waals surface area contributed by atoms with Crippen LogP contribution in [-0.4, -0.2) is 8.42 Å². The first kappa shape index (κ1) is 15.5. The summed E-state index contributed by atoms with van der Waals surface area (Å²) >= 11 is 0. The van der Waals surface area contributed by atoms with Crippen molar-refractivity contribution in [3.8, 4) is 0 Å². The molecule has 0 bridgehead atoms. The summed E-state index contributed by atoms with van der Waals surface area (Å²) in [5.41, 5.74) is 7.17. The molecule has 2 aromatic carbocycles. The second-order valence-electron chi connectivity index (χ2n) is 4.62. The summed E-state index contributed by atoms with van der Waals surface area (Å²) in [5, 5.41) is 0. The van der Waals surface area contributed by atoms with Crippen LogP contribution in [0.4, 0.5) is 10.1 Å². The lowest BCUT2D eigenvalue weighted by Gasteiger charge is -2.13. The van der Waals surface area contributed by atoms with E-state index in [0.717, 1.165) is 11.6 Å². The van der Waals surface area contributed by atoms with Gasteiger partial charge < -0.3 is 5.73 Å². The molecule has 0 atom stereocenters. The lowest BCUT2D eigenvalue weighted by molar-refractivity contribution is 0.600. The summed E-state index contributed by atoms with van der Waals surface area (Å²) in [4.78, 5) is 0.178. The van der Waals surface area contributed by atoms with Crippen LogP contribution in [0.25, 0.3) is 0 Å². The van der Waals surface area contributed by atoms with E-state index in [1.165, 1.54) is 18.2 Å². The van der Waals surface area contributed by atoms with Gasteiger partial charge in [-0.2, -0.15) is 0 Å². The van der Waals surface area contributed by atoms with Gasteiger partial charge in [-0.05, 0) is 41.8 Å². The molecule has 2 rings (SSSR count). The first-order valence-electron chi connectivity index (χ1n) is 6.56. The molecule has 3 N–H and O–H groups in total. The van der Waals surface area contributed by atoms with E-state index in [2.05, 4.69) is 4.72 Å². The maximum Gasteiger partial charge on any atom is 0.262 e. The SMILES string of the molecule is CCc1ccc(CN)cc1S(=O)(=O)Nc1cccc(F)c1. The lowest BCUT2D eigenvalue weighted by Crippen LogP contribution is -2.15. The van der Waals surface area contributed by atoms with E-state index in [-0.39, 0.29) is 17.1 Å². The Balaban J connectivity index is 2.43. The number of hydrogen-bond acceptors (Lipinski definition) is 3. The zero-order valence-electron chi connectivity index (χ0n) is 11.6. The van der Waals surface area contributed by atoms with Crippen molar-refractivity contribution in [2.24, 2.45) is 5.73 Å². The molecule has 0 aliphatic heterocycles. The highest BCUT2D eigenvalue weighted by atomic mass is 32.2. The molecule has 0 spiro atoms. The average molecular weight is 308 g/mol. The number of aryl methyl sites for hydroxylation is 1.